The molecule has 0 unspecified atom stereocenters. The number of halogens is 1. The molecule has 0 aliphatic carbocycles. The molecule has 8 heteroatoms. The number of amides is 1. The number of thiazole rings is 1. The normalized spacial score (nSPS) is 14.3. The molecule has 1 amide bonds. The van der Waals surface area contributed by atoms with Crippen LogP contribution < -0.4 is 9.64 Å². The van der Waals surface area contributed by atoms with Crippen molar-refractivity contribution in [1.82, 2.24) is 9.88 Å². The molecule has 1 saturated heterocycles. The molecule has 0 N–H and O–H groups in total. The van der Waals surface area contributed by atoms with E-state index in [2.05, 4.69) is 4.90 Å². The number of benzene rings is 2. The van der Waals surface area contributed by atoms with Crippen molar-refractivity contribution in [3.63, 3.8) is 0 Å². The molecule has 1 aliphatic rings. The van der Waals surface area contributed by atoms with Gasteiger partial charge in [-0.1, -0.05) is 29.0 Å². The Morgan fingerprint density at radius 3 is 2.63 bits per heavy atom. The second-order valence-electron chi connectivity index (χ2n) is 7.11. The lowest BCUT2D eigenvalue weighted by molar-refractivity contribution is 0.0391. The number of hydrogen-bond acceptors (Lipinski definition) is 6. The SMILES string of the molecule is COc1ccc2sc(N(CCN3CCOCC3)C(=O)c3ccc(C)cc3)nc2c1.Cl. The van der Waals surface area contributed by atoms with Gasteiger partial charge in [-0.15, -0.1) is 12.4 Å². The van der Waals surface area contributed by atoms with Gasteiger partial charge in [0.1, 0.15) is 5.75 Å². The van der Waals surface area contributed by atoms with Crippen LogP contribution in [-0.4, -0.2) is 62.3 Å². The molecule has 6 nitrogen and oxygen atoms in total. The number of carbonyl (C=O) groups excluding carboxylic acids is 1. The molecule has 0 radical (unpaired) electrons. The number of fused-ring (bicyclic) bond motifs is 1. The first kappa shape index (κ1) is 22.5. The Labute approximate surface area is 186 Å². The molecule has 1 aliphatic heterocycles. The lowest BCUT2D eigenvalue weighted by Gasteiger charge is -2.29. The monoisotopic (exact) mass is 447 g/mol. The summed E-state index contributed by atoms with van der Waals surface area (Å²) in [6.07, 6.45) is 0. The lowest BCUT2D eigenvalue weighted by Crippen LogP contribution is -2.43. The van der Waals surface area contributed by atoms with Crippen molar-refractivity contribution in [3.05, 3.63) is 53.6 Å². The van der Waals surface area contributed by atoms with Gasteiger partial charge in [0, 0.05) is 37.8 Å². The first-order valence-corrected chi connectivity index (χ1v) is 10.6. The van der Waals surface area contributed by atoms with Crippen molar-refractivity contribution < 1.29 is 14.3 Å². The highest BCUT2D eigenvalue weighted by Gasteiger charge is 2.23. The van der Waals surface area contributed by atoms with Crippen LogP contribution in [0.3, 0.4) is 0 Å². The van der Waals surface area contributed by atoms with Crippen molar-refractivity contribution in [2.75, 3.05) is 51.4 Å². The van der Waals surface area contributed by atoms with Crippen molar-refractivity contribution >= 4 is 45.0 Å². The van der Waals surface area contributed by atoms with Gasteiger partial charge in [-0.2, -0.15) is 0 Å². The van der Waals surface area contributed by atoms with Crippen LogP contribution in [0.5, 0.6) is 5.75 Å². The van der Waals surface area contributed by atoms with Gasteiger partial charge in [0.15, 0.2) is 5.13 Å². The molecule has 3 aromatic rings. The number of ether oxygens (including phenoxy) is 2. The fourth-order valence-corrected chi connectivity index (χ4v) is 4.31. The Bertz CT molecular complexity index is 987. The van der Waals surface area contributed by atoms with E-state index in [0.717, 1.165) is 54.4 Å². The van der Waals surface area contributed by atoms with E-state index in [0.29, 0.717) is 17.2 Å². The molecule has 1 aromatic heterocycles. The summed E-state index contributed by atoms with van der Waals surface area (Å²) in [5.41, 5.74) is 2.65. The van der Waals surface area contributed by atoms with Gasteiger partial charge in [0.2, 0.25) is 0 Å². The number of morpholine rings is 1. The van der Waals surface area contributed by atoms with Gasteiger partial charge in [-0.05, 0) is 31.2 Å². The summed E-state index contributed by atoms with van der Waals surface area (Å²) in [5.74, 6) is 0.739. The summed E-state index contributed by atoms with van der Waals surface area (Å²) in [5, 5.41) is 0.715. The van der Waals surface area contributed by atoms with Crippen molar-refractivity contribution in [3.8, 4) is 5.75 Å². The number of hydrogen-bond donors (Lipinski definition) is 0. The standard InChI is InChI=1S/C22H25N3O3S.ClH/c1-16-3-5-17(6-4-16)21(26)25(10-9-24-11-13-28-14-12-24)22-23-19-15-18(27-2)7-8-20(19)29-22;/h3-8,15H,9-14H2,1-2H3;1H. The molecule has 0 atom stereocenters. The number of aryl methyl sites for hydroxylation is 1. The third-order valence-electron chi connectivity index (χ3n) is 5.10. The van der Waals surface area contributed by atoms with Gasteiger partial charge in [0.05, 0.1) is 30.5 Å². The maximum absolute atomic E-state index is 13.4. The quantitative estimate of drug-likeness (QED) is 0.571. The van der Waals surface area contributed by atoms with Crippen LogP contribution in [0.2, 0.25) is 0 Å². The van der Waals surface area contributed by atoms with Crippen molar-refractivity contribution in [2.24, 2.45) is 0 Å². The second kappa shape index (κ2) is 10.2. The number of anilines is 1. The van der Waals surface area contributed by atoms with Gasteiger partial charge in [0.25, 0.3) is 5.91 Å². The number of aromatic nitrogens is 1. The summed E-state index contributed by atoms with van der Waals surface area (Å²) in [6, 6.07) is 13.5. The lowest BCUT2D eigenvalue weighted by atomic mass is 10.1. The minimum Gasteiger partial charge on any atom is -0.497 e. The Kier molecular flexibility index (Phi) is 7.66. The summed E-state index contributed by atoms with van der Waals surface area (Å²) >= 11 is 1.53. The van der Waals surface area contributed by atoms with E-state index in [1.807, 2.05) is 49.4 Å². The predicted octanol–water partition coefficient (Wildman–Crippen LogP) is 4.01. The second-order valence-corrected chi connectivity index (χ2v) is 8.12. The van der Waals surface area contributed by atoms with E-state index in [-0.39, 0.29) is 18.3 Å². The third-order valence-corrected chi connectivity index (χ3v) is 6.16. The molecule has 0 spiro atoms. The fraction of sp³-hybridized carbons (Fsp3) is 0.364. The number of nitrogens with zero attached hydrogens (tertiary/aromatic N) is 3. The van der Waals surface area contributed by atoms with E-state index in [1.54, 1.807) is 12.0 Å². The zero-order chi connectivity index (χ0) is 20.2. The van der Waals surface area contributed by atoms with Gasteiger partial charge in [-0.3, -0.25) is 14.6 Å². The van der Waals surface area contributed by atoms with E-state index in [1.165, 1.54) is 11.3 Å². The summed E-state index contributed by atoms with van der Waals surface area (Å²) < 4.78 is 11.8. The highest BCUT2D eigenvalue weighted by Crippen LogP contribution is 2.32. The Hall–Kier alpha value is -2.19. The van der Waals surface area contributed by atoms with Crippen LogP contribution in [-0.2, 0) is 4.74 Å². The maximum atomic E-state index is 13.4. The van der Waals surface area contributed by atoms with Crippen LogP contribution in [0, 0.1) is 6.92 Å². The van der Waals surface area contributed by atoms with Gasteiger partial charge < -0.3 is 9.47 Å². The molecule has 4 rings (SSSR count). The molecule has 0 bridgehead atoms. The van der Waals surface area contributed by atoms with E-state index in [4.69, 9.17) is 14.5 Å². The van der Waals surface area contributed by atoms with E-state index < -0.39 is 0 Å². The number of rotatable bonds is 6. The summed E-state index contributed by atoms with van der Waals surface area (Å²) in [7, 11) is 1.64. The van der Waals surface area contributed by atoms with Crippen molar-refractivity contribution in [2.45, 2.75) is 6.92 Å². The topological polar surface area (TPSA) is 54.9 Å². The minimum atomic E-state index is -0.0238. The Balaban J connectivity index is 0.00000256. The molecular formula is C22H26ClN3O3S. The molecule has 2 aromatic carbocycles. The predicted molar refractivity (Wildman–Crippen MR) is 124 cm³/mol. The minimum absolute atomic E-state index is 0. The average molecular weight is 448 g/mol. The number of carbonyl (C=O) groups is 1. The molecule has 1 fully saturated rings. The molecular weight excluding hydrogens is 422 g/mol. The highest BCUT2D eigenvalue weighted by atomic mass is 35.5. The summed E-state index contributed by atoms with van der Waals surface area (Å²) in [4.78, 5) is 22.2. The van der Waals surface area contributed by atoms with E-state index in [9.17, 15) is 4.79 Å². The fourth-order valence-electron chi connectivity index (χ4n) is 3.34. The molecule has 160 valence electrons. The highest BCUT2D eigenvalue weighted by molar-refractivity contribution is 7.22. The third kappa shape index (κ3) is 5.10. The number of methoxy groups -OCH3 is 1. The smallest absolute Gasteiger partial charge is 0.260 e. The van der Waals surface area contributed by atoms with Gasteiger partial charge in [-0.25, -0.2) is 4.98 Å². The Morgan fingerprint density at radius 2 is 1.93 bits per heavy atom. The zero-order valence-electron chi connectivity index (χ0n) is 17.2. The first-order chi connectivity index (χ1) is 14.1. The maximum Gasteiger partial charge on any atom is 0.260 e. The van der Waals surface area contributed by atoms with Gasteiger partial charge >= 0.3 is 0 Å². The zero-order valence-corrected chi connectivity index (χ0v) is 18.8. The average Bonchev–Trinajstić information content (AvgIpc) is 3.17. The van der Waals surface area contributed by atoms with Crippen LogP contribution in [0.1, 0.15) is 15.9 Å². The Morgan fingerprint density at radius 1 is 1.20 bits per heavy atom. The molecule has 2 heterocycles. The van der Waals surface area contributed by atoms with Crippen molar-refractivity contribution in [1.29, 1.82) is 0 Å². The molecule has 30 heavy (non-hydrogen) atoms. The van der Waals surface area contributed by atoms with Crippen LogP contribution >= 0.6 is 23.7 Å². The largest absolute Gasteiger partial charge is 0.497 e. The summed E-state index contributed by atoms with van der Waals surface area (Å²) in [6.45, 7) is 6.67. The van der Waals surface area contributed by atoms with E-state index >= 15 is 0 Å². The van der Waals surface area contributed by atoms with Crippen LogP contribution in [0.15, 0.2) is 42.5 Å². The first-order valence-electron chi connectivity index (χ1n) is 9.77. The van der Waals surface area contributed by atoms with Crippen LogP contribution in [0.4, 0.5) is 5.13 Å². The van der Waals surface area contributed by atoms with Crippen LogP contribution in [0.25, 0.3) is 10.2 Å². The molecule has 0 saturated carbocycles.